The summed E-state index contributed by atoms with van der Waals surface area (Å²) >= 11 is 6.04. The van der Waals surface area contributed by atoms with Gasteiger partial charge in [-0.1, -0.05) is 16.8 Å². The molecule has 2 aromatic rings. The van der Waals surface area contributed by atoms with E-state index >= 15 is 0 Å². The lowest BCUT2D eigenvalue weighted by Gasteiger charge is -1.89. The molecular weight excluding hydrogens is 190 g/mol. The van der Waals surface area contributed by atoms with Gasteiger partial charge in [0.1, 0.15) is 17.7 Å². The van der Waals surface area contributed by atoms with Crippen molar-refractivity contribution in [3.8, 4) is 11.4 Å². The zero-order valence-electron chi connectivity index (χ0n) is 7.28. The van der Waals surface area contributed by atoms with Crippen LogP contribution in [0.4, 0.5) is 0 Å². The van der Waals surface area contributed by atoms with Crippen molar-refractivity contribution >= 4 is 11.6 Å². The monoisotopic (exact) mass is 197 g/mol. The first-order chi connectivity index (χ1) is 6.20. The van der Waals surface area contributed by atoms with E-state index in [2.05, 4.69) is 10.3 Å². The quantitative estimate of drug-likeness (QED) is 0.703. The van der Waals surface area contributed by atoms with E-state index in [0.29, 0.717) is 16.4 Å². The molecule has 2 heterocycles. The van der Waals surface area contributed by atoms with Crippen LogP contribution in [0.15, 0.2) is 16.9 Å². The second kappa shape index (κ2) is 2.88. The number of aromatic nitrogens is 3. The molecule has 0 N–H and O–H groups in total. The van der Waals surface area contributed by atoms with Crippen LogP contribution < -0.4 is 0 Å². The van der Waals surface area contributed by atoms with E-state index in [1.807, 2.05) is 14.0 Å². The van der Waals surface area contributed by atoms with Gasteiger partial charge in [-0.3, -0.25) is 4.68 Å². The molecule has 0 atom stereocenters. The minimum Gasteiger partial charge on any atom is -0.364 e. The van der Waals surface area contributed by atoms with Gasteiger partial charge < -0.3 is 4.52 Å². The van der Waals surface area contributed by atoms with Gasteiger partial charge in [-0.15, -0.1) is 0 Å². The van der Waals surface area contributed by atoms with Crippen LogP contribution in [-0.2, 0) is 7.05 Å². The van der Waals surface area contributed by atoms with Gasteiger partial charge in [0.15, 0.2) is 0 Å². The third-order valence-electron chi connectivity index (χ3n) is 1.94. The minimum atomic E-state index is 0.622. The second-order valence-corrected chi connectivity index (χ2v) is 3.13. The Morgan fingerprint density at radius 3 is 2.77 bits per heavy atom. The summed E-state index contributed by atoms with van der Waals surface area (Å²) < 4.78 is 6.43. The molecule has 0 saturated carbocycles. The third kappa shape index (κ3) is 1.23. The zero-order chi connectivity index (χ0) is 9.42. The Balaban J connectivity index is 2.59. The molecule has 0 bridgehead atoms. The van der Waals surface area contributed by atoms with Crippen LogP contribution in [0.25, 0.3) is 11.4 Å². The lowest BCUT2D eigenvalue weighted by Crippen LogP contribution is -1.92. The van der Waals surface area contributed by atoms with E-state index < -0.39 is 0 Å². The van der Waals surface area contributed by atoms with Gasteiger partial charge in [-0.25, -0.2) is 0 Å². The van der Waals surface area contributed by atoms with E-state index in [0.717, 1.165) is 5.69 Å². The van der Waals surface area contributed by atoms with Gasteiger partial charge in [0.05, 0.1) is 10.7 Å². The Labute approximate surface area is 80.1 Å². The zero-order valence-corrected chi connectivity index (χ0v) is 8.04. The molecule has 13 heavy (non-hydrogen) atoms. The highest BCUT2D eigenvalue weighted by molar-refractivity contribution is 6.33. The minimum absolute atomic E-state index is 0.622. The standard InChI is InChI=1S/C8H8ClN3O/c1-5-7(9)8(10-12(5)2)6-3-4-13-11-6/h3-4H,1-2H3. The third-order valence-corrected chi connectivity index (χ3v) is 2.39. The maximum atomic E-state index is 6.04. The molecule has 0 aliphatic heterocycles. The summed E-state index contributed by atoms with van der Waals surface area (Å²) in [7, 11) is 1.84. The van der Waals surface area contributed by atoms with Crippen molar-refractivity contribution in [2.45, 2.75) is 6.92 Å². The van der Waals surface area contributed by atoms with Crippen LogP contribution in [-0.4, -0.2) is 14.9 Å². The first-order valence-corrected chi connectivity index (χ1v) is 4.18. The Hall–Kier alpha value is -1.29. The highest BCUT2D eigenvalue weighted by atomic mass is 35.5. The van der Waals surface area contributed by atoms with Gasteiger partial charge in [-0.2, -0.15) is 5.10 Å². The van der Waals surface area contributed by atoms with Gasteiger partial charge in [0.2, 0.25) is 0 Å². The van der Waals surface area contributed by atoms with Crippen LogP contribution >= 0.6 is 11.6 Å². The molecule has 0 aliphatic carbocycles. The fraction of sp³-hybridized carbons (Fsp3) is 0.250. The SMILES string of the molecule is Cc1c(Cl)c(-c2ccon2)nn1C. The molecule has 2 rings (SSSR count). The molecule has 0 fully saturated rings. The van der Waals surface area contributed by atoms with Gasteiger partial charge >= 0.3 is 0 Å². The van der Waals surface area contributed by atoms with Crippen LogP contribution in [0.1, 0.15) is 5.69 Å². The molecule has 0 unspecified atom stereocenters. The lowest BCUT2D eigenvalue weighted by atomic mass is 10.3. The van der Waals surface area contributed by atoms with Crippen molar-refractivity contribution in [1.82, 2.24) is 14.9 Å². The molecule has 0 aliphatic rings. The van der Waals surface area contributed by atoms with Gasteiger partial charge in [0.25, 0.3) is 0 Å². The summed E-state index contributed by atoms with van der Waals surface area (Å²) in [6, 6.07) is 1.73. The Morgan fingerprint density at radius 2 is 2.31 bits per heavy atom. The van der Waals surface area contributed by atoms with Crippen molar-refractivity contribution in [1.29, 1.82) is 0 Å². The molecular formula is C8H8ClN3O. The fourth-order valence-electron chi connectivity index (χ4n) is 1.08. The summed E-state index contributed by atoms with van der Waals surface area (Å²) in [6.45, 7) is 1.90. The topological polar surface area (TPSA) is 43.9 Å². The number of halogens is 1. The van der Waals surface area contributed by atoms with Gasteiger partial charge in [-0.05, 0) is 6.92 Å². The van der Waals surface area contributed by atoms with Crippen LogP contribution in [0, 0.1) is 6.92 Å². The van der Waals surface area contributed by atoms with Crippen molar-refractivity contribution in [3.05, 3.63) is 23.0 Å². The Kier molecular flexibility index (Phi) is 1.84. The van der Waals surface area contributed by atoms with E-state index in [-0.39, 0.29) is 0 Å². The van der Waals surface area contributed by atoms with Crippen molar-refractivity contribution < 1.29 is 4.52 Å². The fourth-order valence-corrected chi connectivity index (χ4v) is 1.34. The molecule has 4 nitrogen and oxygen atoms in total. The summed E-state index contributed by atoms with van der Waals surface area (Å²) in [5, 5.41) is 8.60. The molecule has 68 valence electrons. The van der Waals surface area contributed by atoms with E-state index in [1.54, 1.807) is 10.7 Å². The number of hydrogen-bond acceptors (Lipinski definition) is 3. The van der Waals surface area contributed by atoms with E-state index in [9.17, 15) is 0 Å². The van der Waals surface area contributed by atoms with Gasteiger partial charge in [0, 0.05) is 13.1 Å². The average Bonchev–Trinajstić information content (AvgIpc) is 2.70. The van der Waals surface area contributed by atoms with E-state index in [4.69, 9.17) is 16.1 Å². The van der Waals surface area contributed by atoms with Crippen LogP contribution in [0.5, 0.6) is 0 Å². The van der Waals surface area contributed by atoms with Crippen molar-refractivity contribution in [3.63, 3.8) is 0 Å². The molecule has 5 heteroatoms. The van der Waals surface area contributed by atoms with Crippen molar-refractivity contribution in [2.24, 2.45) is 7.05 Å². The first kappa shape index (κ1) is 8.31. The highest BCUT2D eigenvalue weighted by Crippen LogP contribution is 2.27. The average molecular weight is 198 g/mol. The number of aryl methyl sites for hydroxylation is 1. The maximum Gasteiger partial charge on any atom is 0.135 e. The van der Waals surface area contributed by atoms with Crippen LogP contribution in [0.2, 0.25) is 5.02 Å². The predicted molar refractivity (Wildman–Crippen MR) is 48.5 cm³/mol. The summed E-state index contributed by atoms with van der Waals surface area (Å²) in [5.74, 6) is 0. The number of nitrogens with zero attached hydrogens (tertiary/aromatic N) is 3. The highest BCUT2D eigenvalue weighted by Gasteiger charge is 2.14. The largest absolute Gasteiger partial charge is 0.364 e. The molecule has 0 radical (unpaired) electrons. The Bertz CT molecular complexity index is 419. The molecule has 0 amide bonds. The molecule has 0 aromatic carbocycles. The number of hydrogen-bond donors (Lipinski definition) is 0. The van der Waals surface area contributed by atoms with E-state index in [1.165, 1.54) is 6.26 Å². The molecule has 0 spiro atoms. The summed E-state index contributed by atoms with van der Waals surface area (Å²) in [6.07, 6.45) is 1.50. The summed E-state index contributed by atoms with van der Waals surface area (Å²) in [4.78, 5) is 0. The molecule has 0 saturated heterocycles. The normalized spacial score (nSPS) is 10.7. The molecule has 2 aromatic heterocycles. The smallest absolute Gasteiger partial charge is 0.135 e. The summed E-state index contributed by atoms with van der Waals surface area (Å²) in [5.41, 5.74) is 2.24. The lowest BCUT2D eigenvalue weighted by molar-refractivity contribution is 0.422. The first-order valence-electron chi connectivity index (χ1n) is 3.80. The number of rotatable bonds is 1. The Morgan fingerprint density at radius 1 is 1.54 bits per heavy atom. The van der Waals surface area contributed by atoms with Crippen LogP contribution in [0.3, 0.4) is 0 Å². The maximum absolute atomic E-state index is 6.04. The predicted octanol–water partition coefficient (Wildman–Crippen LogP) is 2.04. The van der Waals surface area contributed by atoms with Crippen molar-refractivity contribution in [2.75, 3.05) is 0 Å². The second-order valence-electron chi connectivity index (χ2n) is 2.76.